The minimum Gasteiger partial charge on any atom is -0.494 e. The molecule has 1 N–H and O–H groups in total. The third-order valence-electron chi connectivity index (χ3n) is 8.21. The molecule has 1 aliphatic carbocycles. The van der Waals surface area contributed by atoms with Crippen molar-refractivity contribution < 1.29 is 22.7 Å². The van der Waals surface area contributed by atoms with Crippen LogP contribution in [0.3, 0.4) is 0 Å². The van der Waals surface area contributed by atoms with E-state index in [1.807, 2.05) is 67.6 Å². The lowest BCUT2D eigenvalue weighted by Crippen LogP contribution is -2.54. The van der Waals surface area contributed by atoms with Crippen LogP contribution in [0.5, 0.6) is 5.75 Å². The molecule has 1 saturated carbocycles. The van der Waals surface area contributed by atoms with E-state index >= 15 is 0 Å². The van der Waals surface area contributed by atoms with Gasteiger partial charge in [-0.15, -0.1) is 0 Å². The molecule has 0 aromatic heterocycles. The van der Waals surface area contributed by atoms with Crippen LogP contribution in [0, 0.1) is 0 Å². The van der Waals surface area contributed by atoms with Crippen molar-refractivity contribution in [1.82, 2.24) is 10.2 Å². The lowest BCUT2D eigenvalue weighted by Gasteiger charge is -2.34. The molecule has 0 radical (unpaired) electrons. The van der Waals surface area contributed by atoms with Crippen LogP contribution < -0.4 is 14.4 Å². The van der Waals surface area contributed by atoms with Crippen molar-refractivity contribution in [1.29, 1.82) is 0 Å². The Kier molecular flexibility index (Phi) is 11.1. The molecule has 46 heavy (non-hydrogen) atoms. The van der Waals surface area contributed by atoms with E-state index in [1.54, 1.807) is 42.5 Å². The van der Waals surface area contributed by atoms with Gasteiger partial charge in [0, 0.05) is 19.0 Å². The minimum absolute atomic E-state index is 0.0297. The van der Waals surface area contributed by atoms with Gasteiger partial charge >= 0.3 is 0 Å². The first kappa shape index (κ1) is 32.8. The highest BCUT2D eigenvalue weighted by Crippen LogP contribution is 2.27. The number of sulfonamides is 1. The van der Waals surface area contributed by atoms with Crippen LogP contribution in [-0.2, 0) is 32.6 Å². The first-order chi connectivity index (χ1) is 22.3. The fourth-order valence-corrected chi connectivity index (χ4v) is 7.24. The maximum Gasteiger partial charge on any atom is 0.264 e. The summed E-state index contributed by atoms with van der Waals surface area (Å²) in [6.45, 7) is 1.95. The van der Waals surface area contributed by atoms with Crippen LogP contribution in [0.2, 0.25) is 0 Å². The van der Waals surface area contributed by atoms with E-state index in [2.05, 4.69) is 5.32 Å². The predicted octanol–water partition coefficient (Wildman–Crippen LogP) is 5.98. The number of para-hydroxylation sites is 1. The summed E-state index contributed by atoms with van der Waals surface area (Å²) >= 11 is 0. The van der Waals surface area contributed by atoms with Gasteiger partial charge in [0.2, 0.25) is 11.8 Å². The molecule has 8 nitrogen and oxygen atoms in total. The van der Waals surface area contributed by atoms with Gasteiger partial charge in [0.25, 0.3) is 10.0 Å². The number of ether oxygens (including phenoxy) is 1. The van der Waals surface area contributed by atoms with E-state index in [0.29, 0.717) is 18.0 Å². The van der Waals surface area contributed by atoms with Crippen molar-refractivity contribution in [3.63, 3.8) is 0 Å². The zero-order valence-corrected chi connectivity index (χ0v) is 26.9. The molecule has 2 amide bonds. The Morgan fingerprint density at radius 2 is 1.37 bits per heavy atom. The number of amides is 2. The molecule has 5 rings (SSSR count). The Balaban J connectivity index is 1.52. The topological polar surface area (TPSA) is 96.0 Å². The van der Waals surface area contributed by atoms with E-state index in [9.17, 15) is 18.0 Å². The van der Waals surface area contributed by atoms with Crippen molar-refractivity contribution in [3.8, 4) is 5.75 Å². The summed E-state index contributed by atoms with van der Waals surface area (Å²) in [5.41, 5.74) is 2.09. The van der Waals surface area contributed by atoms with E-state index in [-0.39, 0.29) is 29.8 Å². The van der Waals surface area contributed by atoms with Crippen molar-refractivity contribution in [2.45, 2.75) is 62.6 Å². The summed E-state index contributed by atoms with van der Waals surface area (Å²) in [6, 6.07) is 33.0. The highest BCUT2D eigenvalue weighted by atomic mass is 32.2. The normalized spacial score (nSPS) is 13.9. The Hall–Kier alpha value is -4.63. The average molecular weight is 640 g/mol. The second-order valence-electron chi connectivity index (χ2n) is 11.5. The van der Waals surface area contributed by atoms with Crippen LogP contribution in [0.4, 0.5) is 5.69 Å². The van der Waals surface area contributed by atoms with Crippen LogP contribution in [0.1, 0.15) is 43.7 Å². The molecular weight excluding hydrogens is 598 g/mol. The number of hydrogen-bond donors (Lipinski definition) is 1. The summed E-state index contributed by atoms with van der Waals surface area (Å²) in [5.74, 6) is -0.166. The third kappa shape index (κ3) is 8.34. The smallest absolute Gasteiger partial charge is 0.264 e. The van der Waals surface area contributed by atoms with Crippen molar-refractivity contribution in [2.75, 3.05) is 17.5 Å². The molecular formula is C37H41N3O5S. The molecule has 1 fully saturated rings. The van der Waals surface area contributed by atoms with Crippen LogP contribution >= 0.6 is 0 Å². The largest absolute Gasteiger partial charge is 0.494 e. The fourth-order valence-electron chi connectivity index (χ4n) is 5.83. The molecule has 0 spiro atoms. The average Bonchev–Trinajstić information content (AvgIpc) is 3.60. The Morgan fingerprint density at radius 1 is 0.804 bits per heavy atom. The summed E-state index contributed by atoms with van der Waals surface area (Å²) in [7, 11) is -4.18. The fraction of sp³-hybridized carbons (Fsp3) is 0.297. The van der Waals surface area contributed by atoms with Gasteiger partial charge in [-0.3, -0.25) is 13.9 Å². The van der Waals surface area contributed by atoms with Crippen molar-refractivity contribution >= 4 is 27.5 Å². The van der Waals surface area contributed by atoms with Crippen LogP contribution in [-0.4, -0.2) is 50.4 Å². The molecule has 0 unspecified atom stereocenters. The van der Waals surface area contributed by atoms with E-state index in [1.165, 1.54) is 17.0 Å². The van der Waals surface area contributed by atoms with Gasteiger partial charge in [0.05, 0.1) is 17.2 Å². The lowest BCUT2D eigenvalue weighted by atomic mass is 10.0. The molecule has 0 heterocycles. The number of nitrogens with zero attached hydrogens (tertiary/aromatic N) is 2. The predicted molar refractivity (Wildman–Crippen MR) is 180 cm³/mol. The zero-order chi connectivity index (χ0) is 32.4. The molecule has 4 aromatic carbocycles. The number of rotatable bonds is 14. The number of carbonyl (C=O) groups excluding carboxylic acids is 2. The molecule has 1 atom stereocenters. The molecule has 0 aliphatic heterocycles. The van der Waals surface area contributed by atoms with Crippen molar-refractivity contribution in [3.05, 3.63) is 126 Å². The molecule has 240 valence electrons. The van der Waals surface area contributed by atoms with Gasteiger partial charge in [-0.05, 0) is 67.3 Å². The van der Waals surface area contributed by atoms with Gasteiger partial charge in [0.1, 0.15) is 18.3 Å². The Labute approximate surface area is 272 Å². The summed E-state index contributed by atoms with van der Waals surface area (Å²) in [5, 5.41) is 3.20. The van der Waals surface area contributed by atoms with Gasteiger partial charge in [-0.2, -0.15) is 0 Å². The number of nitrogens with one attached hydrogen (secondary N) is 1. The quantitative estimate of drug-likeness (QED) is 0.183. The number of hydrogen-bond acceptors (Lipinski definition) is 5. The summed E-state index contributed by atoms with van der Waals surface area (Å²) in [4.78, 5) is 30.2. The van der Waals surface area contributed by atoms with E-state index in [4.69, 9.17) is 4.74 Å². The minimum atomic E-state index is -4.18. The molecule has 0 saturated heterocycles. The first-order valence-corrected chi connectivity index (χ1v) is 17.3. The van der Waals surface area contributed by atoms with Crippen LogP contribution in [0.25, 0.3) is 0 Å². The maximum absolute atomic E-state index is 14.5. The maximum atomic E-state index is 14.5. The third-order valence-corrected chi connectivity index (χ3v) is 10.0. The number of anilines is 1. The molecule has 4 aromatic rings. The van der Waals surface area contributed by atoms with E-state index in [0.717, 1.165) is 41.1 Å². The number of carbonyl (C=O) groups is 2. The van der Waals surface area contributed by atoms with Crippen LogP contribution in [0.15, 0.2) is 120 Å². The van der Waals surface area contributed by atoms with E-state index < -0.39 is 28.5 Å². The first-order valence-electron chi connectivity index (χ1n) is 15.8. The Morgan fingerprint density at radius 3 is 1.96 bits per heavy atom. The molecule has 9 heteroatoms. The standard InChI is InChI=1S/C37H41N3O5S/c1-2-45-33-22-24-34(25-23-33)46(43,44)40(32-20-10-5-11-21-32)28-36(41)39(27-30-16-8-4-9-17-30)35(26-29-14-6-3-7-15-29)37(42)38-31-18-12-13-19-31/h3-11,14-17,20-25,31,35H,2,12-13,18-19,26-28H2,1H3,(H,38,42)/t35-/m1/s1. The zero-order valence-electron chi connectivity index (χ0n) is 26.1. The second-order valence-corrected chi connectivity index (χ2v) is 13.3. The van der Waals surface area contributed by atoms with Crippen molar-refractivity contribution in [2.24, 2.45) is 0 Å². The lowest BCUT2D eigenvalue weighted by molar-refractivity contribution is -0.140. The van der Waals surface area contributed by atoms with Gasteiger partial charge in [-0.25, -0.2) is 8.42 Å². The molecule has 0 bridgehead atoms. The highest BCUT2D eigenvalue weighted by molar-refractivity contribution is 7.92. The summed E-state index contributed by atoms with van der Waals surface area (Å²) < 4.78 is 35.0. The highest BCUT2D eigenvalue weighted by Gasteiger charge is 2.35. The van der Waals surface area contributed by atoms with Gasteiger partial charge < -0.3 is 15.0 Å². The SMILES string of the molecule is CCOc1ccc(S(=O)(=O)N(CC(=O)N(Cc2ccccc2)[C@H](Cc2ccccc2)C(=O)NC2CCCC2)c2ccccc2)cc1. The molecule has 1 aliphatic rings. The summed E-state index contributed by atoms with van der Waals surface area (Å²) in [6.07, 6.45) is 4.19. The Bertz CT molecular complexity index is 1660. The van der Waals surface area contributed by atoms with Gasteiger partial charge in [-0.1, -0.05) is 91.7 Å². The van der Waals surface area contributed by atoms with Gasteiger partial charge in [0.15, 0.2) is 0 Å². The monoisotopic (exact) mass is 639 g/mol. The number of benzene rings is 4. The second kappa shape index (κ2) is 15.6.